The normalized spacial score (nSPS) is 11.4. The van der Waals surface area contributed by atoms with Gasteiger partial charge in [-0.3, -0.25) is 0 Å². The van der Waals surface area contributed by atoms with Crippen molar-refractivity contribution in [3.8, 4) is 0 Å². The van der Waals surface area contributed by atoms with Crippen LogP contribution in [0.2, 0.25) is 0 Å². The number of carbonyl (C=O) groups is 3. The van der Waals surface area contributed by atoms with Crippen LogP contribution in [0.5, 0.6) is 0 Å². The summed E-state index contributed by atoms with van der Waals surface area (Å²) in [6, 6.07) is 13.8. The van der Waals surface area contributed by atoms with Crippen molar-refractivity contribution in [2.24, 2.45) is 0 Å². The van der Waals surface area contributed by atoms with Crippen LogP contribution in [0.25, 0.3) is 0 Å². The van der Waals surface area contributed by atoms with Crippen molar-refractivity contribution in [3.63, 3.8) is 0 Å². The maximum Gasteiger partial charge on any atom is 0.351 e. The highest BCUT2D eigenvalue weighted by atomic mass is 16.6. The third-order valence-electron chi connectivity index (χ3n) is 3.89. The van der Waals surface area contributed by atoms with Gasteiger partial charge >= 0.3 is 17.9 Å². The van der Waals surface area contributed by atoms with Gasteiger partial charge in [0.05, 0.1) is 17.7 Å². The molecule has 27 heavy (non-hydrogen) atoms. The van der Waals surface area contributed by atoms with Gasteiger partial charge in [-0.25, -0.2) is 14.4 Å². The van der Waals surface area contributed by atoms with Gasteiger partial charge in [0.1, 0.15) is 6.61 Å². The number of aryl methyl sites for hydroxylation is 2. The first-order chi connectivity index (χ1) is 12.9. The summed E-state index contributed by atoms with van der Waals surface area (Å²) in [6.07, 6.45) is -1.34. The van der Waals surface area contributed by atoms with Crippen LogP contribution < -0.4 is 0 Å². The molecule has 0 unspecified atom stereocenters. The molecule has 2 aromatic carbocycles. The zero-order chi connectivity index (χ0) is 19.8. The molecule has 6 nitrogen and oxygen atoms in total. The first kappa shape index (κ1) is 20.2. The van der Waals surface area contributed by atoms with E-state index in [9.17, 15) is 14.4 Å². The topological polar surface area (TPSA) is 78.9 Å². The Morgan fingerprint density at radius 3 is 1.85 bits per heavy atom. The molecule has 0 saturated carbocycles. The van der Waals surface area contributed by atoms with E-state index in [2.05, 4.69) is 0 Å². The average Bonchev–Trinajstić information content (AvgIpc) is 2.65. The molecule has 0 saturated heterocycles. The van der Waals surface area contributed by atoms with Crippen LogP contribution in [0.4, 0.5) is 0 Å². The fourth-order valence-electron chi connectivity index (χ4n) is 2.41. The van der Waals surface area contributed by atoms with Gasteiger partial charge in [0.2, 0.25) is 6.10 Å². The molecule has 0 aromatic heterocycles. The number of carbonyl (C=O) groups excluding carboxylic acids is 3. The summed E-state index contributed by atoms with van der Waals surface area (Å²) in [4.78, 5) is 36.7. The molecule has 0 heterocycles. The Morgan fingerprint density at radius 2 is 1.33 bits per heavy atom. The monoisotopic (exact) mass is 370 g/mol. The van der Waals surface area contributed by atoms with Crippen molar-refractivity contribution in [1.29, 1.82) is 0 Å². The number of hydrogen-bond donors (Lipinski definition) is 0. The zero-order valence-electron chi connectivity index (χ0n) is 15.6. The lowest BCUT2D eigenvalue weighted by Crippen LogP contribution is -2.34. The lowest BCUT2D eigenvalue weighted by molar-refractivity contribution is -0.155. The van der Waals surface area contributed by atoms with E-state index in [4.69, 9.17) is 14.2 Å². The average molecular weight is 370 g/mol. The quantitative estimate of drug-likeness (QED) is 0.550. The van der Waals surface area contributed by atoms with Crippen molar-refractivity contribution >= 4 is 17.9 Å². The van der Waals surface area contributed by atoms with E-state index in [0.29, 0.717) is 16.7 Å². The van der Waals surface area contributed by atoms with Gasteiger partial charge in [-0.2, -0.15) is 0 Å². The van der Waals surface area contributed by atoms with Gasteiger partial charge in [0, 0.05) is 0 Å². The number of ether oxygens (including phenoxy) is 3. The Labute approximate surface area is 158 Å². The second-order valence-electron chi connectivity index (χ2n) is 5.87. The standard InChI is InChI=1S/C21H22O6/c1-4-25-21(24)18(27-20(23)17-12-8-6-10-15(17)3)13-26-19(22)16-11-7-5-9-14(16)2/h5-12,18H,4,13H2,1-3H3/t18-/m1/s1. The smallest absolute Gasteiger partial charge is 0.351 e. The fraction of sp³-hybridized carbons (Fsp3) is 0.286. The first-order valence-electron chi connectivity index (χ1n) is 8.60. The summed E-state index contributed by atoms with van der Waals surface area (Å²) >= 11 is 0. The molecule has 2 aromatic rings. The van der Waals surface area contributed by atoms with Gasteiger partial charge < -0.3 is 14.2 Å². The molecule has 0 aliphatic heterocycles. The predicted molar refractivity (Wildman–Crippen MR) is 98.5 cm³/mol. The molecule has 0 spiro atoms. The van der Waals surface area contributed by atoms with E-state index in [-0.39, 0.29) is 6.61 Å². The van der Waals surface area contributed by atoms with E-state index in [1.165, 1.54) is 0 Å². The van der Waals surface area contributed by atoms with E-state index in [1.807, 2.05) is 0 Å². The highest BCUT2D eigenvalue weighted by Gasteiger charge is 2.27. The van der Waals surface area contributed by atoms with Crippen molar-refractivity contribution in [1.82, 2.24) is 0 Å². The van der Waals surface area contributed by atoms with Crippen LogP contribution >= 0.6 is 0 Å². The molecule has 0 aliphatic carbocycles. The van der Waals surface area contributed by atoms with Gasteiger partial charge in [-0.05, 0) is 44.0 Å². The van der Waals surface area contributed by atoms with Crippen LogP contribution in [0.1, 0.15) is 38.8 Å². The van der Waals surface area contributed by atoms with Crippen LogP contribution in [0.15, 0.2) is 48.5 Å². The highest BCUT2D eigenvalue weighted by Crippen LogP contribution is 2.13. The largest absolute Gasteiger partial charge is 0.463 e. The molecule has 0 radical (unpaired) electrons. The maximum absolute atomic E-state index is 12.4. The lowest BCUT2D eigenvalue weighted by Gasteiger charge is -2.17. The minimum absolute atomic E-state index is 0.114. The number of hydrogen-bond acceptors (Lipinski definition) is 6. The second-order valence-corrected chi connectivity index (χ2v) is 5.87. The second kappa shape index (κ2) is 9.52. The molecule has 0 N–H and O–H groups in total. The van der Waals surface area contributed by atoms with Gasteiger partial charge in [0.15, 0.2) is 0 Å². The van der Waals surface area contributed by atoms with E-state index < -0.39 is 30.6 Å². The Bertz CT molecular complexity index is 827. The van der Waals surface area contributed by atoms with Crippen molar-refractivity contribution in [3.05, 3.63) is 70.8 Å². The van der Waals surface area contributed by atoms with Crippen molar-refractivity contribution in [2.45, 2.75) is 26.9 Å². The minimum atomic E-state index is -1.34. The molecule has 142 valence electrons. The van der Waals surface area contributed by atoms with Crippen molar-refractivity contribution in [2.75, 3.05) is 13.2 Å². The third kappa shape index (κ3) is 5.41. The van der Waals surface area contributed by atoms with Crippen LogP contribution in [-0.2, 0) is 19.0 Å². The Hall–Kier alpha value is -3.15. The minimum Gasteiger partial charge on any atom is -0.463 e. The predicted octanol–water partition coefficient (Wildman–Crippen LogP) is 3.25. The van der Waals surface area contributed by atoms with E-state index in [1.54, 1.807) is 69.3 Å². The first-order valence-corrected chi connectivity index (χ1v) is 8.60. The molecule has 0 bridgehead atoms. The SMILES string of the molecule is CCOC(=O)[C@@H](COC(=O)c1ccccc1C)OC(=O)c1ccccc1C. The van der Waals surface area contributed by atoms with E-state index in [0.717, 1.165) is 5.56 Å². The molecule has 6 heteroatoms. The van der Waals surface area contributed by atoms with Crippen LogP contribution in [0, 0.1) is 13.8 Å². The summed E-state index contributed by atoms with van der Waals surface area (Å²) in [5.41, 5.74) is 2.16. The van der Waals surface area contributed by atoms with Gasteiger partial charge in [-0.15, -0.1) is 0 Å². The van der Waals surface area contributed by atoms with Gasteiger partial charge in [0.25, 0.3) is 0 Å². The summed E-state index contributed by atoms with van der Waals surface area (Å²) < 4.78 is 15.4. The van der Waals surface area contributed by atoms with E-state index >= 15 is 0 Å². The molecule has 0 fully saturated rings. The van der Waals surface area contributed by atoms with Crippen LogP contribution in [-0.4, -0.2) is 37.2 Å². The molecule has 0 amide bonds. The summed E-state index contributed by atoms with van der Waals surface area (Å²) in [5.74, 6) is -2.05. The molecule has 0 aliphatic rings. The van der Waals surface area contributed by atoms with Crippen molar-refractivity contribution < 1.29 is 28.6 Å². The number of benzene rings is 2. The Morgan fingerprint density at radius 1 is 0.815 bits per heavy atom. The summed E-state index contributed by atoms with van der Waals surface area (Å²) in [6.45, 7) is 4.86. The van der Waals surface area contributed by atoms with Gasteiger partial charge in [-0.1, -0.05) is 36.4 Å². The summed E-state index contributed by atoms with van der Waals surface area (Å²) in [5, 5.41) is 0. The zero-order valence-corrected chi connectivity index (χ0v) is 15.6. The molecule has 2 rings (SSSR count). The lowest BCUT2D eigenvalue weighted by atomic mass is 10.1. The number of esters is 3. The molecular weight excluding hydrogens is 348 g/mol. The third-order valence-corrected chi connectivity index (χ3v) is 3.89. The fourth-order valence-corrected chi connectivity index (χ4v) is 2.41. The maximum atomic E-state index is 12.4. The highest BCUT2D eigenvalue weighted by molar-refractivity contribution is 5.93. The molecule has 1 atom stereocenters. The number of rotatable bonds is 7. The summed E-state index contributed by atoms with van der Waals surface area (Å²) in [7, 11) is 0. The Balaban J connectivity index is 2.09. The molecular formula is C21H22O6. The Kier molecular flexibility index (Phi) is 7.11. The van der Waals surface area contributed by atoms with Crippen LogP contribution in [0.3, 0.4) is 0 Å².